The summed E-state index contributed by atoms with van der Waals surface area (Å²) < 4.78 is 10.8. The number of likely N-dealkylation sites (N-methyl/N-ethyl adjacent to an activating group) is 1. The highest BCUT2D eigenvalue weighted by molar-refractivity contribution is 14.0. The molecule has 0 heterocycles. The van der Waals surface area contributed by atoms with Crippen molar-refractivity contribution >= 4 is 29.9 Å². The van der Waals surface area contributed by atoms with Crippen LogP contribution in [0.4, 0.5) is 0 Å². The lowest BCUT2D eigenvalue weighted by Crippen LogP contribution is -2.42. The summed E-state index contributed by atoms with van der Waals surface area (Å²) in [6.45, 7) is 1.65. The number of nitrogens with one attached hydrogen (secondary N) is 2. The Bertz CT molecular complexity index is 677. The average molecular weight is 516 g/mol. The zero-order valence-corrected chi connectivity index (χ0v) is 20.8. The molecular formula is C22H37IN4O2. The molecule has 2 rings (SSSR count). The molecule has 0 radical (unpaired) electrons. The standard InChI is InChI=1S/C22H36N4O2.HI/c1-23-22(24-14-13-17-9-7-6-8-10-17)25-16-19(26(2)3)18-11-12-20(27-4)21(15-18)28-5;/h9,11-12,15,19H,6-8,10,13-14,16H2,1-5H3,(H2,23,24,25);1H. The Morgan fingerprint density at radius 3 is 2.48 bits per heavy atom. The first-order valence-corrected chi connectivity index (χ1v) is 10.1. The van der Waals surface area contributed by atoms with Crippen molar-refractivity contribution in [1.29, 1.82) is 0 Å². The summed E-state index contributed by atoms with van der Waals surface area (Å²) in [6, 6.07) is 6.26. The van der Waals surface area contributed by atoms with Crippen LogP contribution in [0.5, 0.6) is 11.5 Å². The number of benzene rings is 1. The molecule has 0 aromatic heterocycles. The van der Waals surface area contributed by atoms with Gasteiger partial charge in [-0.15, -0.1) is 24.0 Å². The molecule has 0 aliphatic heterocycles. The van der Waals surface area contributed by atoms with Gasteiger partial charge in [0.15, 0.2) is 17.5 Å². The third kappa shape index (κ3) is 8.04. The fourth-order valence-electron chi connectivity index (χ4n) is 3.55. The molecule has 1 aliphatic rings. The first-order chi connectivity index (χ1) is 13.6. The van der Waals surface area contributed by atoms with Crippen molar-refractivity contribution in [3.8, 4) is 11.5 Å². The van der Waals surface area contributed by atoms with E-state index in [1.54, 1.807) is 19.8 Å². The van der Waals surface area contributed by atoms with Gasteiger partial charge in [0, 0.05) is 20.1 Å². The molecule has 0 fully saturated rings. The quantitative estimate of drug-likeness (QED) is 0.225. The van der Waals surface area contributed by atoms with Gasteiger partial charge >= 0.3 is 0 Å². The molecule has 0 amide bonds. The molecule has 6 nitrogen and oxygen atoms in total. The van der Waals surface area contributed by atoms with E-state index in [-0.39, 0.29) is 30.0 Å². The summed E-state index contributed by atoms with van der Waals surface area (Å²) in [7, 11) is 9.29. The van der Waals surface area contributed by atoms with E-state index >= 15 is 0 Å². The van der Waals surface area contributed by atoms with Gasteiger partial charge in [-0.1, -0.05) is 17.7 Å². The number of ether oxygens (including phenoxy) is 2. The third-order valence-electron chi connectivity index (χ3n) is 5.23. The minimum Gasteiger partial charge on any atom is -0.493 e. The second-order valence-electron chi connectivity index (χ2n) is 7.33. The van der Waals surface area contributed by atoms with Crippen molar-refractivity contribution in [2.75, 3.05) is 48.5 Å². The summed E-state index contributed by atoms with van der Waals surface area (Å²) in [5, 5.41) is 6.90. The Hall–Kier alpha value is -1.48. The lowest BCUT2D eigenvalue weighted by Gasteiger charge is -2.26. The maximum atomic E-state index is 5.46. The number of aliphatic imine (C=N–C) groups is 1. The van der Waals surface area contributed by atoms with Crippen molar-refractivity contribution in [3.63, 3.8) is 0 Å². The summed E-state index contributed by atoms with van der Waals surface area (Å²) in [4.78, 5) is 6.56. The number of nitrogens with zero attached hydrogens (tertiary/aromatic N) is 2. The van der Waals surface area contributed by atoms with Crippen molar-refractivity contribution < 1.29 is 9.47 Å². The summed E-state index contributed by atoms with van der Waals surface area (Å²) in [5.74, 6) is 2.32. The van der Waals surface area contributed by atoms with Gasteiger partial charge in [0.1, 0.15) is 0 Å². The summed E-state index contributed by atoms with van der Waals surface area (Å²) >= 11 is 0. The summed E-state index contributed by atoms with van der Waals surface area (Å²) in [6.07, 6.45) is 8.64. The van der Waals surface area contributed by atoms with Crippen molar-refractivity contribution in [2.24, 2.45) is 4.99 Å². The van der Waals surface area contributed by atoms with Crippen LogP contribution in [-0.4, -0.2) is 59.3 Å². The van der Waals surface area contributed by atoms with Crippen LogP contribution in [-0.2, 0) is 0 Å². The minimum atomic E-state index is 0. The van der Waals surface area contributed by atoms with Gasteiger partial charge in [0.2, 0.25) is 0 Å². The second kappa shape index (κ2) is 13.7. The van der Waals surface area contributed by atoms with Gasteiger partial charge in [0.05, 0.1) is 20.3 Å². The summed E-state index contributed by atoms with van der Waals surface area (Å²) in [5.41, 5.74) is 2.74. The predicted molar refractivity (Wildman–Crippen MR) is 132 cm³/mol. The molecular weight excluding hydrogens is 479 g/mol. The van der Waals surface area contributed by atoms with E-state index in [4.69, 9.17) is 9.47 Å². The highest BCUT2D eigenvalue weighted by Crippen LogP contribution is 2.31. The number of guanidine groups is 1. The maximum absolute atomic E-state index is 5.46. The Kier molecular flexibility index (Phi) is 12.1. The van der Waals surface area contributed by atoms with Gasteiger partial charge in [-0.2, -0.15) is 0 Å². The first-order valence-electron chi connectivity index (χ1n) is 10.1. The Labute approximate surface area is 193 Å². The molecule has 7 heteroatoms. The number of hydrogen-bond donors (Lipinski definition) is 2. The zero-order chi connectivity index (χ0) is 20.4. The molecule has 2 N–H and O–H groups in total. The number of hydrogen-bond acceptors (Lipinski definition) is 4. The van der Waals surface area contributed by atoms with Crippen LogP contribution < -0.4 is 20.1 Å². The van der Waals surface area contributed by atoms with Crippen LogP contribution in [0.3, 0.4) is 0 Å². The van der Waals surface area contributed by atoms with E-state index in [1.165, 1.54) is 25.7 Å². The highest BCUT2D eigenvalue weighted by atomic mass is 127. The topological polar surface area (TPSA) is 58.1 Å². The van der Waals surface area contributed by atoms with Crippen molar-refractivity contribution in [2.45, 2.75) is 38.1 Å². The normalized spacial score (nSPS) is 15.2. The van der Waals surface area contributed by atoms with Crippen LogP contribution in [0.25, 0.3) is 0 Å². The van der Waals surface area contributed by atoms with Crippen LogP contribution in [0.15, 0.2) is 34.8 Å². The molecule has 1 unspecified atom stereocenters. The Morgan fingerprint density at radius 2 is 1.90 bits per heavy atom. The lowest BCUT2D eigenvalue weighted by molar-refractivity contribution is 0.295. The van der Waals surface area contributed by atoms with Crippen molar-refractivity contribution in [1.82, 2.24) is 15.5 Å². The Balaban J connectivity index is 0.00000420. The van der Waals surface area contributed by atoms with Gasteiger partial charge in [0.25, 0.3) is 0 Å². The molecule has 1 aromatic rings. The average Bonchev–Trinajstić information content (AvgIpc) is 2.72. The van der Waals surface area contributed by atoms with Crippen LogP contribution >= 0.6 is 24.0 Å². The predicted octanol–water partition coefficient (Wildman–Crippen LogP) is 3.98. The first kappa shape index (κ1) is 25.6. The molecule has 1 aliphatic carbocycles. The van der Waals surface area contributed by atoms with E-state index < -0.39 is 0 Å². The largest absolute Gasteiger partial charge is 0.493 e. The minimum absolute atomic E-state index is 0. The monoisotopic (exact) mass is 516 g/mol. The number of methoxy groups -OCH3 is 2. The fourth-order valence-corrected chi connectivity index (χ4v) is 3.55. The molecule has 164 valence electrons. The second-order valence-corrected chi connectivity index (χ2v) is 7.33. The van der Waals surface area contributed by atoms with Gasteiger partial charge in [-0.3, -0.25) is 4.99 Å². The van der Waals surface area contributed by atoms with E-state index in [1.807, 2.05) is 19.2 Å². The smallest absolute Gasteiger partial charge is 0.191 e. The maximum Gasteiger partial charge on any atom is 0.191 e. The van der Waals surface area contributed by atoms with Crippen molar-refractivity contribution in [3.05, 3.63) is 35.4 Å². The molecule has 1 aromatic carbocycles. The van der Waals surface area contributed by atoms with Crippen LogP contribution in [0.2, 0.25) is 0 Å². The molecule has 0 saturated carbocycles. The third-order valence-corrected chi connectivity index (χ3v) is 5.23. The van der Waals surface area contributed by atoms with Gasteiger partial charge in [-0.25, -0.2) is 0 Å². The van der Waals surface area contributed by atoms with Crippen LogP contribution in [0, 0.1) is 0 Å². The molecule has 1 atom stereocenters. The molecule has 0 spiro atoms. The molecule has 0 bridgehead atoms. The number of allylic oxidation sites excluding steroid dienone is 1. The van der Waals surface area contributed by atoms with E-state index in [0.717, 1.165) is 42.5 Å². The van der Waals surface area contributed by atoms with Crippen LogP contribution in [0.1, 0.15) is 43.7 Å². The van der Waals surface area contributed by atoms with E-state index in [2.05, 4.69) is 46.8 Å². The molecule has 0 saturated heterocycles. The fraction of sp³-hybridized carbons (Fsp3) is 0.591. The molecule has 29 heavy (non-hydrogen) atoms. The highest BCUT2D eigenvalue weighted by Gasteiger charge is 2.17. The lowest BCUT2D eigenvalue weighted by atomic mass is 9.97. The number of halogens is 1. The van der Waals surface area contributed by atoms with E-state index in [0.29, 0.717) is 0 Å². The zero-order valence-electron chi connectivity index (χ0n) is 18.5. The van der Waals surface area contributed by atoms with Gasteiger partial charge in [-0.05, 0) is 63.9 Å². The SMILES string of the molecule is CN=C(NCCC1=CCCCC1)NCC(c1ccc(OC)c(OC)c1)N(C)C.I. The van der Waals surface area contributed by atoms with Gasteiger partial charge < -0.3 is 25.0 Å². The van der Waals surface area contributed by atoms with E-state index in [9.17, 15) is 0 Å². The number of rotatable bonds is 9. The Morgan fingerprint density at radius 1 is 1.14 bits per heavy atom.